The van der Waals surface area contributed by atoms with Crippen LogP contribution in [0.25, 0.3) is 10.2 Å². The number of benzene rings is 3. The Hall–Kier alpha value is -2.06. The van der Waals surface area contributed by atoms with Gasteiger partial charge in [-0.2, -0.15) is 0 Å². The van der Waals surface area contributed by atoms with Crippen LogP contribution in [0.1, 0.15) is 43.0 Å². The van der Waals surface area contributed by atoms with Crippen LogP contribution < -0.4 is 4.72 Å². The molecule has 0 aliphatic heterocycles. The summed E-state index contributed by atoms with van der Waals surface area (Å²) in [7, 11) is -3.69. The highest BCUT2D eigenvalue weighted by molar-refractivity contribution is 8.00. The van der Waals surface area contributed by atoms with E-state index in [1.165, 1.54) is 34.4 Å². The van der Waals surface area contributed by atoms with Crippen molar-refractivity contribution in [2.75, 3.05) is 4.72 Å². The van der Waals surface area contributed by atoms with Gasteiger partial charge in [0.2, 0.25) is 0 Å². The Balaban J connectivity index is 1.51. The van der Waals surface area contributed by atoms with Crippen LogP contribution in [0.3, 0.4) is 0 Å². The van der Waals surface area contributed by atoms with E-state index in [1.54, 1.807) is 41.3 Å². The Labute approximate surface area is 214 Å². The molecule has 8 heteroatoms. The van der Waals surface area contributed by atoms with Gasteiger partial charge in [0.25, 0.3) is 10.0 Å². The summed E-state index contributed by atoms with van der Waals surface area (Å²) in [4.78, 5) is 4.91. The Morgan fingerprint density at radius 3 is 2.26 bits per heavy atom. The minimum Gasteiger partial charge on any atom is -0.280 e. The second-order valence-corrected chi connectivity index (χ2v) is 13.7. The summed E-state index contributed by atoms with van der Waals surface area (Å²) in [5, 5.41) is 0.491. The second-order valence-electron chi connectivity index (χ2n) is 9.35. The zero-order chi connectivity index (χ0) is 24.7. The van der Waals surface area contributed by atoms with Gasteiger partial charge in [-0.1, -0.05) is 56.3 Å². The molecule has 4 nitrogen and oxygen atoms in total. The lowest BCUT2D eigenvalue weighted by Gasteiger charge is -2.22. The van der Waals surface area contributed by atoms with Crippen molar-refractivity contribution in [2.45, 2.75) is 55.0 Å². The van der Waals surface area contributed by atoms with Crippen LogP contribution in [0, 0.1) is 13.8 Å². The van der Waals surface area contributed by atoms with E-state index in [-0.39, 0.29) is 10.3 Å². The number of hydrogen-bond donors (Lipinski definition) is 1. The van der Waals surface area contributed by atoms with Crippen molar-refractivity contribution in [3.63, 3.8) is 0 Å². The number of thiazole rings is 1. The molecule has 4 rings (SSSR count). The van der Waals surface area contributed by atoms with Gasteiger partial charge in [-0.05, 0) is 84.0 Å². The molecule has 0 saturated carbocycles. The van der Waals surface area contributed by atoms with Crippen molar-refractivity contribution in [2.24, 2.45) is 0 Å². The first-order chi connectivity index (χ1) is 15.9. The number of sulfonamides is 1. The number of aromatic nitrogens is 1. The molecule has 0 fully saturated rings. The van der Waals surface area contributed by atoms with Crippen molar-refractivity contribution >= 4 is 60.6 Å². The van der Waals surface area contributed by atoms with Gasteiger partial charge >= 0.3 is 0 Å². The average Bonchev–Trinajstić information content (AvgIpc) is 3.14. The number of halogens is 1. The predicted molar refractivity (Wildman–Crippen MR) is 146 cm³/mol. The van der Waals surface area contributed by atoms with Gasteiger partial charge in [-0.3, -0.25) is 4.72 Å². The molecule has 0 radical (unpaired) electrons. The number of aryl methyl sites for hydroxylation is 2. The molecule has 3 aromatic carbocycles. The molecule has 4 aromatic rings. The molecule has 0 aliphatic rings. The SMILES string of the molecule is Cc1cc(C(C)(C)C)cc(C)c1CSc1nc2ccc(NS(=O)(=O)c3ccc(Cl)cc3)cc2s1. The molecule has 34 heavy (non-hydrogen) atoms. The predicted octanol–water partition coefficient (Wildman–Crippen LogP) is 7.96. The first-order valence-corrected chi connectivity index (χ1v) is 14.5. The number of nitrogens with one attached hydrogen (secondary N) is 1. The second kappa shape index (κ2) is 9.53. The van der Waals surface area contributed by atoms with Crippen LogP contribution in [0.15, 0.2) is 63.8 Å². The van der Waals surface area contributed by atoms with Crippen LogP contribution >= 0.6 is 34.7 Å². The van der Waals surface area contributed by atoms with Gasteiger partial charge < -0.3 is 0 Å². The summed E-state index contributed by atoms with van der Waals surface area (Å²) >= 11 is 9.16. The normalized spacial score (nSPS) is 12.3. The van der Waals surface area contributed by atoms with E-state index >= 15 is 0 Å². The van der Waals surface area contributed by atoms with E-state index in [0.717, 1.165) is 20.3 Å². The van der Waals surface area contributed by atoms with Gasteiger partial charge in [0.15, 0.2) is 4.34 Å². The smallest absolute Gasteiger partial charge is 0.261 e. The Kier molecular flexibility index (Phi) is 7.02. The van der Waals surface area contributed by atoms with Crippen molar-refractivity contribution < 1.29 is 8.42 Å². The standard InChI is InChI=1S/C26H27ClN2O2S3/c1-16-12-18(26(3,4)5)13-17(2)22(16)15-32-25-28-23-11-8-20(14-24(23)33-25)29-34(30,31)21-9-6-19(27)7-10-21/h6-14,29H,15H2,1-5H3. The minimum atomic E-state index is -3.69. The number of hydrogen-bond acceptors (Lipinski definition) is 5. The van der Waals surface area contributed by atoms with Crippen molar-refractivity contribution in [1.29, 1.82) is 0 Å². The summed E-state index contributed by atoms with van der Waals surface area (Å²) in [5.41, 5.74) is 6.79. The minimum absolute atomic E-state index is 0.126. The Bertz CT molecular complexity index is 1430. The van der Waals surface area contributed by atoms with Crippen molar-refractivity contribution in [1.82, 2.24) is 4.98 Å². The summed E-state index contributed by atoms with van der Waals surface area (Å²) < 4.78 is 29.9. The Morgan fingerprint density at radius 2 is 1.65 bits per heavy atom. The fourth-order valence-corrected chi connectivity index (χ4v) is 7.12. The van der Waals surface area contributed by atoms with Gasteiger partial charge in [0.1, 0.15) is 0 Å². The fraction of sp³-hybridized carbons (Fsp3) is 0.269. The zero-order valence-electron chi connectivity index (χ0n) is 19.8. The van der Waals surface area contributed by atoms with E-state index < -0.39 is 10.0 Å². The third kappa shape index (κ3) is 5.60. The molecule has 1 N–H and O–H groups in total. The third-order valence-electron chi connectivity index (χ3n) is 5.65. The third-order valence-corrected chi connectivity index (χ3v) is 9.48. The lowest BCUT2D eigenvalue weighted by atomic mass is 9.84. The van der Waals surface area contributed by atoms with Crippen LogP contribution in [-0.2, 0) is 21.2 Å². The van der Waals surface area contributed by atoms with Crippen LogP contribution in [0.4, 0.5) is 5.69 Å². The quantitative estimate of drug-likeness (QED) is 0.257. The van der Waals surface area contributed by atoms with Crippen LogP contribution in [0.2, 0.25) is 5.02 Å². The number of rotatable bonds is 6. The largest absolute Gasteiger partial charge is 0.280 e. The van der Waals surface area contributed by atoms with Crippen molar-refractivity contribution in [3.8, 4) is 0 Å². The van der Waals surface area contributed by atoms with Crippen LogP contribution in [0.5, 0.6) is 0 Å². The lowest BCUT2D eigenvalue weighted by Crippen LogP contribution is -2.12. The first kappa shape index (κ1) is 25.0. The summed E-state index contributed by atoms with van der Waals surface area (Å²) in [6.07, 6.45) is 0. The highest BCUT2D eigenvalue weighted by Gasteiger charge is 2.18. The number of nitrogens with zero attached hydrogens (tertiary/aromatic N) is 1. The van der Waals surface area contributed by atoms with Crippen LogP contribution in [-0.4, -0.2) is 13.4 Å². The molecule has 0 saturated heterocycles. The zero-order valence-corrected chi connectivity index (χ0v) is 23.0. The molecule has 0 spiro atoms. The molecule has 0 bridgehead atoms. The molecule has 0 unspecified atom stereocenters. The number of anilines is 1. The molecule has 0 amide bonds. The maximum Gasteiger partial charge on any atom is 0.261 e. The van der Waals surface area contributed by atoms with Gasteiger partial charge in [0, 0.05) is 10.8 Å². The molecule has 178 valence electrons. The molecular formula is C26H27ClN2O2S3. The molecule has 1 aromatic heterocycles. The summed E-state index contributed by atoms with van der Waals surface area (Å²) in [6.45, 7) is 11.1. The fourth-order valence-electron chi connectivity index (χ4n) is 3.64. The van der Waals surface area contributed by atoms with Gasteiger partial charge in [-0.25, -0.2) is 13.4 Å². The molecule has 0 aliphatic carbocycles. The van der Waals surface area contributed by atoms with Gasteiger partial charge in [0.05, 0.1) is 20.8 Å². The highest BCUT2D eigenvalue weighted by atomic mass is 35.5. The molecule has 1 heterocycles. The number of thioether (sulfide) groups is 1. The summed E-state index contributed by atoms with van der Waals surface area (Å²) in [5.74, 6) is 0.845. The van der Waals surface area contributed by atoms with Crippen molar-refractivity contribution in [3.05, 3.63) is 81.9 Å². The monoisotopic (exact) mass is 530 g/mol. The van der Waals surface area contributed by atoms with E-state index in [4.69, 9.17) is 16.6 Å². The number of fused-ring (bicyclic) bond motifs is 1. The van der Waals surface area contributed by atoms with E-state index in [0.29, 0.717) is 10.7 Å². The van der Waals surface area contributed by atoms with E-state index in [1.807, 2.05) is 12.1 Å². The van der Waals surface area contributed by atoms with Gasteiger partial charge in [-0.15, -0.1) is 11.3 Å². The lowest BCUT2D eigenvalue weighted by molar-refractivity contribution is 0.589. The topological polar surface area (TPSA) is 59.1 Å². The molecule has 0 atom stereocenters. The Morgan fingerprint density at radius 1 is 1.00 bits per heavy atom. The van der Waals surface area contributed by atoms with E-state index in [9.17, 15) is 8.42 Å². The molecular weight excluding hydrogens is 504 g/mol. The summed E-state index contributed by atoms with van der Waals surface area (Å²) in [6, 6.07) is 16.1. The maximum absolute atomic E-state index is 12.7. The maximum atomic E-state index is 12.7. The average molecular weight is 531 g/mol. The van der Waals surface area contributed by atoms with E-state index in [2.05, 4.69) is 51.5 Å². The highest BCUT2D eigenvalue weighted by Crippen LogP contribution is 2.35. The first-order valence-electron chi connectivity index (χ1n) is 10.8.